The molecule has 0 saturated carbocycles. The number of nitrogens with zero attached hydrogens (tertiary/aromatic N) is 1. The number of rotatable bonds is 4. The van der Waals surface area contributed by atoms with Gasteiger partial charge in [0.25, 0.3) is 0 Å². The highest BCUT2D eigenvalue weighted by molar-refractivity contribution is 6.30. The van der Waals surface area contributed by atoms with Crippen molar-refractivity contribution >= 4 is 11.6 Å². The third-order valence-electron chi connectivity index (χ3n) is 2.25. The molecule has 2 rings (SSSR count). The highest BCUT2D eigenvalue weighted by Gasteiger charge is 2.06. The zero-order valence-corrected chi connectivity index (χ0v) is 9.79. The van der Waals surface area contributed by atoms with Crippen LogP contribution in [-0.4, -0.2) is 18.6 Å². The minimum absolute atomic E-state index is 0.619. The molecule has 0 aliphatic heterocycles. The van der Waals surface area contributed by atoms with Gasteiger partial charge >= 0.3 is 0 Å². The Morgan fingerprint density at radius 1 is 1.44 bits per heavy atom. The van der Waals surface area contributed by atoms with Crippen molar-refractivity contribution in [2.45, 2.75) is 6.42 Å². The minimum Gasteiger partial charge on any atom is -0.444 e. The van der Waals surface area contributed by atoms with E-state index in [9.17, 15) is 0 Å². The first kappa shape index (κ1) is 11.2. The van der Waals surface area contributed by atoms with E-state index < -0.39 is 0 Å². The van der Waals surface area contributed by atoms with Crippen LogP contribution in [0.3, 0.4) is 0 Å². The van der Waals surface area contributed by atoms with Gasteiger partial charge in [-0.15, -0.1) is 0 Å². The number of halogens is 1. The van der Waals surface area contributed by atoms with Crippen molar-refractivity contribution in [3.63, 3.8) is 0 Å². The molecular formula is C12H13ClN2O. The molecule has 0 bridgehead atoms. The quantitative estimate of drug-likeness (QED) is 0.887. The van der Waals surface area contributed by atoms with Crippen molar-refractivity contribution in [1.82, 2.24) is 10.3 Å². The van der Waals surface area contributed by atoms with Crippen LogP contribution in [0.1, 0.15) is 5.69 Å². The summed E-state index contributed by atoms with van der Waals surface area (Å²) >= 11 is 5.91. The Balaban J connectivity index is 2.18. The van der Waals surface area contributed by atoms with Crippen LogP contribution in [0.5, 0.6) is 0 Å². The molecular weight excluding hydrogens is 224 g/mol. The lowest BCUT2D eigenvalue weighted by Crippen LogP contribution is -2.10. The number of hydrogen-bond acceptors (Lipinski definition) is 3. The molecule has 4 heteroatoms. The molecule has 1 aromatic carbocycles. The largest absolute Gasteiger partial charge is 0.444 e. The zero-order chi connectivity index (χ0) is 11.4. The van der Waals surface area contributed by atoms with Gasteiger partial charge in [0.2, 0.25) is 5.89 Å². The maximum Gasteiger partial charge on any atom is 0.226 e. The van der Waals surface area contributed by atoms with Gasteiger partial charge in [0.1, 0.15) is 6.26 Å². The second-order valence-corrected chi connectivity index (χ2v) is 3.94. The summed E-state index contributed by atoms with van der Waals surface area (Å²) in [4.78, 5) is 4.39. The van der Waals surface area contributed by atoms with Crippen LogP contribution < -0.4 is 5.32 Å². The van der Waals surface area contributed by atoms with E-state index in [1.165, 1.54) is 0 Å². The standard InChI is InChI=1S/C12H13ClN2O/c1-14-6-5-11-8-16-12(15-11)9-3-2-4-10(13)7-9/h2-4,7-8,14H,5-6H2,1H3. The number of oxazole rings is 1. The van der Waals surface area contributed by atoms with Crippen molar-refractivity contribution in [3.8, 4) is 11.5 Å². The van der Waals surface area contributed by atoms with Crippen LogP contribution in [0.2, 0.25) is 5.02 Å². The first-order valence-electron chi connectivity index (χ1n) is 5.14. The second-order valence-electron chi connectivity index (χ2n) is 3.51. The van der Waals surface area contributed by atoms with Gasteiger partial charge in [0.05, 0.1) is 5.69 Å². The van der Waals surface area contributed by atoms with Gasteiger partial charge in [-0.1, -0.05) is 17.7 Å². The van der Waals surface area contributed by atoms with Crippen molar-refractivity contribution in [3.05, 3.63) is 41.2 Å². The Hall–Kier alpha value is -1.32. The first-order valence-corrected chi connectivity index (χ1v) is 5.52. The average molecular weight is 237 g/mol. The summed E-state index contributed by atoms with van der Waals surface area (Å²) in [6, 6.07) is 7.49. The number of nitrogens with one attached hydrogen (secondary N) is 1. The fraction of sp³-hybridized carbons (Fsp3) is 0.250. The van der Waals surface area contributed by atoms with E-state index in [2.05, 4.69) is 10.3 Å². The van der Waals surface area contributed by atoms with Crippen LogP contribution in [0.4, 0.5) is 0 Å². The molecule has 3 nitrogen and oxygen atoms in total. The molecule has 0 aliphatic rings. The molecule has 16 heavy (non-hydrogen) atoms. The molecule has 0 aliphatic carbocycles. The zero-order valence-electron chi connectivity index (χ0n) is 9.03. The fourth-order valence-corrected chi connectivity index (χ4v) is 1.62. The number of likely N-dealkylation sites (N-methyl/N-ethyl adjacent to an activating group) is 1. The normalized spacial score (nSPS) is 10.6. The summed E-state index contributed by atoms with van der Waals surface area (Å²) in [7, 11) is 1.91. The lowest BCUT2D eigenvalue weighted by atomic mass is 10.2. The third-order valence-corrected chi connectivity index (χ3v) is 2.49. The second kappa shape index (κ2) is 5.14. The molecule has 0 saturated heterocycles. The average Bonchev–Trinajstić information content (AvgIpc) is 2.75. The van der Waals surface area contributed by atoms with Crippen molar-refractivity contribution in [1.29, 1.82) is 0 Å². The maximum atomic E-state index is 5.91. The lowest BCUT2D eigenvalue weighted by Gasteiger charge is -1.95. The van der Waals surface area contributed by atoms with Crippen LogP contribution in [-0.2, 0) is 6.42 Å². The summed E-state index contributed by atoms with van der Waals surface area (Å²) in [5.41, 5.74) is 1.85. The van der Waals surface area contributed by atoms with E-state index in [1.807, 2.05) is 31.3 Å². The molecule has 0 spiro atoms. The fourth-order valence-electron chi connectivity index (χ4n) is 1.43. The van der Waals surface area contributed by atoms with Crippen molar-refractivity contribution < 1.29 is 4.42 Å². The summed E-state index contributed by atoms with van der Waals surface area (Å²) < 4.78 is 5.41. The predicted octanol–water partition coefficient (Wildman–Crippen LogP) is 2.76. The predicted molar refractivity (Wildman–Crippen MR) is 64.6 cm³/mol. The molecule has 1 aromatic heterocycles. The van der Waals surface area contributed by atoms with Crippen LogP contribution in [0, 0.1) is 0 Å². The van der Waals surface area contributed by atoms with Crippen LogP contribution in [0.25, 0.3) is 11.5 Å². The minimum atomic E-state index is 0.619. The number of aromatic nitrogens is 1. The summed E-state index contributed by atoms with van der Waals surface area (Å²) in [6.45, 7) is 0.890. The van der Waals surface area contributed by atoms with Gasteiger partial charge in [-0.25, -0.2) is 4.98 Å². The Bertz CT molecular complexity index is 468. The highest BCUT2D eigenvalue weighted by atomic mass is 35.5. The molecule has 0 unspecified atom stereocenters. The Morgan fingerprint density at radius 2 is 2.31 bits per heavy atom. The summed E-state index contributed by atoms with van der Waals surface area (Å²) in [5, 5.41) is 3.76. The molecule has 1 N–H and O–H groups in total. The molecule has 0 atom stereocenters. The van der Waals surface area contributed by atoms with E-state index in [4.69, 9.17) is 16.0 Å². The van der Waals surface area contributed by atoms with E-state index in [0.29, 0.717) is 10.9 Å². The van der Waals surface area contributed by atoms with Gasteiger partial charge in [-0.3, -0.25) is 0 Å². The van der Waals surface area contributed by atoms with E-state index in [0.717, 1.165) is 24.2 Å². The van der Waals surface area contributed by atoms with Gasteiger partial charge in [0, 0.05) is 23.6 Å². The van der Waals surface area contributed by atoms with Gasteiger partial charge < -0.3 is 9.73 Å². The number of hydrogen-bond donors (Lipinski definition) is 1. The third kappa shape index (κ3) is 2.62. The summed E-state index contributed by atoms with van der Waals surface area (Å²) in [5.74, 6) is 0.619. The molecule has 84 valence electrons. The van der Waals surface area contributed by atoms with Crippen molar-refractivity contribution in [2.75, 3.05) is 13.6 Å². The monoisotopic (exact) mass is 236 g/mol. The topological polar surface area (TPSA) is 38.1 Å². The van der Waals surface area contributed by atoms with E-state index in [-0.39, 0.29) is 0 Å². The van der Waals surface area contributed by atoms with Crippen LogP contribution in [0.15, 0.2) is 34.9 Å². The molecule has 0 fully saturated rings. The SMILES string of the molecule is CNCCc1coc(-c2cccc(Cl)c2)n1. The van der Waals surface area contributed by atoms with Crippen molar-refractivity contribution in [2.24, 2.45) is 0 Å². The molecule has 0 amide bonds. The Kier molecular flexibility index (Phi) is 3.59. The first-order chi connectivity index (χ1) is 7.79. The van der Waals surface area contributed by atoms with Gasteiger partial charge in [0.15, 0.2) is 0 Å². The van der Waals surface area contributed by atoms with E-state index in [1.54, 1.807) is 6.26 Å². The van der Waals surface area contributed by atoms with Crippen LogP contribution >= 0.6 is 11.6 Å². The Labute approximate surface area is 99.5 Å². The maximum absolute atomic E-state index is 5.91. The van der Waals surface area contributed by atoms with E-state index >= 15 is 0 Å². The molecule has 0 radical (unpaired) electrons. The molecule has 1 heterocycles. The molecule has 2 aromatic rings. The lowest BCUT2D eigenvalue weighted by molar-refractivity contribution is 0.572. The highest BCUT2D eigenvalue weighted by Crippen LogP contribution is 2.21. The Morgan fingerprint density at radius 3 is 3.06 bits per heavy atom. The summed E-state index contributed by atoms with van der Waals surface area (Å²) in [6.07, 6.45) is 2.55. The smallest absolute Gasteiger partial charge is 0.226 e. The van der Waals surface area contributed by atoms with Gasteiger partial charge in [-0.2, -0.15) is 0 Å². The van der Waals surface area contributed by atoms with Gasteiger partial charge in [-0.05, 0) is 25.2 Å². The number of benzene rings is 1.